The lowest BCUT2D eigenvalue weighted by molar-refractivity contribution is 0.409. The minimum atomic E-state index is 0.759. The normalized spacial score (nSPS) is 10.9. The summed E-state index contributed by atoms with van der Waals surface area (Å²) in [6.07, 6.45) is 3.56. The second-order valence-electron chi connectivity index (χ2n) is 5.96. The molecule has 0 aliphatic carbocycles. The summed E-state index contributed by atoms with van der Waals surface area (Å²) in [5.41, 5.74) is 5.16. The molecule has 4 rings (SSSR count). The Kier molecular flexibility index (Phi) is 4.17. The molecule has 0 fully saturated rings. The molecule has 2 aromatic heterocycles. The molecule has 0 amide bonds. The van der Waals surface area contributed by atoms with Gasteiger partial charge in [-0.1, -0.05) is 48.5 Å². The third-order valence-electron chi connectivity index (χ3n) is 4.32. The van der Waals surface area contributed by atoms with Crippen molar-refractivity contribution in [2.24, 2.45) is 0 Å². The van der Waals surface area contributed by atoms with E-state index < -0.39 is 0 Å². The van der Waals surface area contributed by atoms with Crippen molar-refractivity contribution in [3.8, 4) is 16.9 Å². The summed E-state index contributed by atoms with van der Waals surface area (Å²) in [6.45, 7) is 0. The largest absolute Gasteiger partial charge is 0.496 e. The zero-order valence-electron chi connectivity index (χ0n) is 14.1. The quantitative estimate of drug-likeness (QED) is 0.590. The smallest absolute Gasteiger partial charge is 0.177 e. The lowest BCUT2D eigenvalue weighted by Gasteiger charge is -2.06. The highest BCUT2D eigenvalue weighted by molar-refractivity contribution is 5.78. The Balaban J connectivity index is 1.57. The number of nitrogens with zero attached hydrogens (tertiary/aromatic N) is 2. The van der Waals surface area contributed by atoms with Crippen molar-refractivity contribution >= 4 is 11.2 Å². The van der Waals surface area contributed by atoms with E-state index in [-0.39, 0.29) is 0 Å². The van der Waals surface area contributed by atoms with Gasteiger partial charge in [-0.3, -0.25) is 0 Å². The molecule has 0 spiro atoms. The van der Waals surface area contributed by atoms with Crippen molar-refractivity contribution in [1.82, 2.24) is 15.0 Å². The summed E-state index contributed by atoms with van der Waals surface area (Å²) in [7, 11) is 1.70. The maximum absolute atomic E-state index is 5.41. The molecule has 1 N–H and O–H groups in total. The van der Waals surface area contributed by atoms with Crippen LogP contribution in [0, 0.1) is 0 Å². The number of hydrogen-bond donors (Lipinski definition) is 1. The average molecular weight is 329 g/mol. The predicted octanol–water partition coefficient (Wildman–Crippen LogP) is 4.42. The van der Waals surface area contributed by atoms with Crippen LogP contribution in [0.5, 0.6) is 5.75 Å². The molecule has 2 aromatic carbocycles. The minimum absolute atomic E-state index is 0.759. The van der Waals surface area contributed by atoms with Crippen LogP contribution in [0.4, 0.5) is 0 Å². The third kappa shape index (κ3) is 3.24. The second kappa shape index (κ2) is 6.77. The van der Waals surface area contributed by atoms with Gasteiger partial charge in [0.05, 0.1) is 12.6 Å². The topological polar surface area (TPSA) is 50.8 Å². The van der Waals surface area contributed by atoms with Crippen molar-refractivity contribution in [3.05, 3.63) is 78.2 Å². The molecular weight excluding hydrogens is 310 g/mol. The molecule has 0 aliphatic heterocycles. The van der Waals surface area contributed by atoms with Gasteiger partial charge in [0.15, 0.2) is 5.65 Å². The zero-order valence-corrected chi connectivity index (χ0v) is 14.1. The number of methoxy groups -OCH3 is 1. The summed E-state index contributed by atoms with van der Waals surface area (Å²) in [5.74, 6) is 1.86. The molecule has 2 heterocycles. The van der Waals surface area contributed by atoms with Crippen molar-refractivity contribution in [1.29, 1.82) is 0 Å². The first-order chi connectivity index (χ1) is 12.3. The van der Waals surface area contributed by atoms with E-state index in [1.807, 2.05) is 42.6 Å². The van der Waals surface area contributed by atoms with Gasteiger partial charge in [-0.2, -0.15) is 0 Å². The number of hydrogen-bond acceptors (Lipinski definition) is 3. The predicted molar refractivity (Wildman–Crippen MR) is 99.7 cm³/mol. The van der Waals surface area contributed by atoms with E-state index in [1.165, 1.54) is 5.56 Å². The molecule has 0 atom stereocenters. The van der Waals surface area contributed by atoms with Gasteiger partial charge in [0.1, 0.15) is 11.6 Å². The number of aromatic nitrogens is 3. The fourth-order valence-corrected chi connectivity index (χ4v) is 3.02. The van der Waals surface area contributed by atoms with Crippen LogP contribution in [-0.4, -0.2) is 22.1 Å². The van der Waals surface area contributed by atoms with Crippen LogP contribution < -0.4 is 4.74 Å². The highest BCUT2D eigenvalue weighted by atomic mass is 16.5. The Morgan fingerprint density at radius 1 is 0.920 bits per heavy atom. The summed E-state index contributed by atoms with van der Waals surface area (Å²) < 4.78 is 5.41. The van der Waals surface area contributed by atoms with Crippen LogP contribution in [0.15, 0.2) is 66.9 Å². The van der Waals surface area contributed by atoms with E-state index in [0.29, 0.717) is 0 Å². The summed E-state index contributed by atoms with van der Waals surface area (Å²) in [4.78, 5) is 12.5. The number of rotatable bonds is 5. The number of aryl methyl sites for hydroxylation is 2. The number of pyridine rings is 1. The second-order valence-corrected chi connectivity index (χ2v) is 5.96. The number of aromatic amines is 1. The van der Waals surface area contributed by atoms with Crippen LogP contribution in [-0.2, 0) is 12.8 Å². The Morgan fingerprint density at radius 2 is 1.72 bits per heavy atom. The maximum atomic E-state index is 5.41. The molecule has 0 bridgehead atoms. The van der Waals surface area contributed by atoms with Gasteiger partial charge in [-0.05, 0) is 29.7 Å². The molecular formula is C21H19N3O. The number of fused-ring (bicyclic) bond motifs is 1. The van der Waals surface area contributed by atoms with Crippen molar-refractivity contribution in [2.45, 2.75) is 12.8 Å². The van der Waals surface area contributed by atoms with Crippen molar-refractivity contribution < 1.29 is 4.74 Å². The number of nitrogens with one attached hydrogen (secondary N) is 1. The number of para-hydroxylation sites is 1. The fourth-order valence-electron chi connectivity index (χ4n) is 3.02. The van der Waals surface area contributed by atoms with E-state index in [4.69, 9.17) is 4.74 Å². The Bertz CT molecular complexity index is 992. The lowest BCUT2D eigenvalue weighted by Crippen LogP contribution is -1.96. The summed E-state index contributed by atoms with van der Waals surface area (Å²) >= 11 is 0. The van der Waals surface area contributed by atoms with E-state index in [2.05, 4.69) is 39.2 Å². The van der Waals surface area contributed by atoms with Crippen molar-refractivity contribution in [3.63, 3.8) is 0 Å². The van der Waals surface area contributed by atoms with E-state index >= 15 is 0 Å². The highest BCUT2D eigenvalue weighted by Gasteiger charge is 2.08. The van der Waals surface area contributed by atoms with E-state index in [9.17, 15) is 0 Å². The van der Waals surface area contributed by atoms with Gasteiger partial charge < -0.3 is 9.72 Å². The Hall–Kier alpha value is -3.14. The number of H-pyrrole nitrogens is 1. The third-order valence-corrected chi connectivity index (χ3v) is 4.32. The first kappa shape index (κ1) is 15.4. The first-order valence-corrected chi connectivity index (χ1v) is 8.35. The molecule has 4 aromatic rings. The molecule has 0 saturated carbocycles. The molecule has 0 radical (unpaired) electrons. The molecule has 0 aliphatic rings. The van der Waals surface area contributed by atoms with Crippen molar-refractivity contribution in [2.75, 3.05) is 7.11 Å². The Labute approximate surface area is 146 Å². The Morgan fingerprint density at radius 3 is 2.56 bits per heavy atom. The van der Waals surface area contributed by atoms with Crippen LogP contribution in [0.2, 0.25) is 0 Å². The van der Waals surface area contributed by atoms with Gasteiger partial charge in [0, 0.05) is 18.2 Å². The molecule has 0 unspecified atom stereocenters. The van der Waals surface area contributed by atoms with Crippen LogP contribution in [0.3, 0.4) is 0 Å². The lowest BCUT2D eigenvalue weighted by atomic mass is 10.1. The van der Waals surface area contributed by atoms with E-state index in [1.54, 1.807) is 7.11 Å². The van der Waals surface area contributed by atoms with Gasteiger partial charge in [-0.25, -0.2) is 9.97 Å². The number of ether oxygens (including phenoxy) is 1. The van der Waals surface area contributed by atoms with Gasteiger partial charge in [0.25, 0.3) is 0 Å². The van der Waals surface area contributed by atoms with Crippen LogP contribution >= 0.6 is 0 Å². The number of imidazole rings is 1. The minimum Gasteiger partial charge on any atom is -0.496 e. The monoisotopic (exact) mass is 329 g/mol. The molecule has 0 saturated heterocycles. The molecule has 4 nitrogen and oxygen atoms in total. The maximum Gasteiger partial charge on any atom is 0.177 e. The SMILES string of the molecule is COc1ccccc1CCc1nc2ncc(-c3ccccc3)cc2[nH]1. The van der Waals surface area contributed by atoms with E-state index in [0.717, 1.165) is 46.7 Å². The average Bonchev–Trinajstić information content (AvgIpc) is 3.09. The van der Waals surface area contributed by atoms with Crippen LogP contribution in [0.1, 0.15) is 11.4 Å². The first-order valence-electron chi connectivity index (χ1n) is 8.35. The highest BCUT2D eigenvalue weighted by Crippen LogP contribution is 2.22. The van der Waals surface area contributed by atoms with Crippen LogP contribution in [0.25, 0.3) is 22.3 Å². The molecule has 25 heavy (non-hydrogen) atoms. The molecule has 4 heteroatoms. The van der Waals surface area contributed by atoms with Gasteiger partial charge in [-0.15, -0.1) is 0 Å². The fraction of sp³-hybridized carbons (Fsp3) is 0.143. The van der Waals surface area contributed by atoms with Gasteiger partial charge >= 0.3 is 0 Å². The summed E-state index contributed by atoms with van der Waals surface area (Å²) in [5, 5.41) is 0. The summed E-state index contributed by atoms with van der Waals surface area (Å²) in [6, 6.07) is 20.5. The molecule has 124 valence electrons. The standard InChI is InChI=1S/C21H19N3O/c1-25-19-10-6-5-9-16(19)11-12-20-23-18-13-17(14-22-21(18)24-20)15-7-3-2-4-8-15/h2-10,13-14H,11-12H2,1H3,(H,22,23,24). The van der Waals surface area contributed by atoms with Gasteiger partial charge in [0.2, 0.25) is 0 Å². The zero-order chi connectivity index (χ0) is 17.1. The number of benzene rings is 2.